The topological polar surface area (TPSA) is 164 Å². The van der Waals surface area contributed by atoms with Gasteiger partial charge in [0.25, 0.3) is 0 Å². The molecular formula is C46H69N5O10S. The first-order chi connectivity index (χ1) is 29.9. The van der Waals surface area contributed by atoms with Crippen molar-refractivity contribution >= 4 is 45.3 Å². The number of nitriles is 1. The monoisotopic (exact) mass is 883 g/mol. The molecule has 0 saturated heterocycles. The summed E-state index contributed by atoms with van der Waals surface area (Å²) in [6.45, 7) is 26.8. The van der Waals surface area contributed by atoms with Gasteiger partial charge in [0.05, 0.1) is 114 Å². The summed E-state index contributed by atoms with van der Waals surface area (Å²) in [5, 5.41) is 18.5. The lowest BCUT2D eigenvalue weighted by Crippen LogP contribution is -2.39. The number of esters is 2. The van der Waals surface area contributed by atoms with Gasteiger partial charge >= 0.3 is 11.9 Å². The molecule has 2 atom stereocenters. The third kappa shape index (κ3) is 22.2. The van der Waals surface area contributed by atoms with Crippen molar-refractivity contribution in [2.75, 3.05) is 97.8 Å². The fourth-order valence-corrected chi connectivity index (χ4v) is 6.70. The van der Waals surface area contributed by atoms with Crippen LogP contribution in [0.4, 0.5) is 22.1 Å². The van der Waals surface area contributed by atoms with E-state index in [-0.39, 0.29) is 31.3 Å². The smallest absolute Gasteiger partial charge is 0.309 e. The molecule has 1 aromatic carbocycles. The Labute approximate surface area is 373 Å². The van der Waals surface area contributed by atoms with Gasteiger partial charge in [-0.3, -0.25) is 9.59 Å². The molecule has 16 heteroatoms. The number of hydrogen-bond donors (Lipinski definition) is 0. The Morgan fingerprint density at radius 3 is 2.15 bits per heavy atom. The number of azo groups is 1. The minimum atomic E-state index is -0.563. The third-order valence-electron chi connectivity index (χ3n) is 9.31. The van der Waals surface area contributed by atoms with Crippen molar-refractivity contribution in [3.63, 3.8) is 0 Å². The zero-order chi connectivity index (χ0) is 45.6. The maximum Gasteiger partial charge on any atom is 0.309 e. The molecule has 0 spiro atoms. The van der Waals surface area contributed by atoms with Crippen LogP contribution in [0.2, 0.25) is 0 Å². The molecule has 0 bridgehead atoms. The third-order valence-corrected chi connectivity index (χ3v) is 10.4. The molecule has 2 aromatic rings. The number of ether oxygens (including phenoxy) is 8. The van der Waals surface area contributed by atoms with E-state index >= 15 is 0 Å². The predicted octanol–water partition coefficient (Wildman–Crippen LogP) is 9.54. The van der Waals surface area contributed by atoms with Gasteiger partial charge in [0.1, 0.15) is 17.7 Å². The van der Waals surface area contributed by atoms with E-state index in [0.717, 1.165) is 37.1 Å². The van der Waals surface area contributed by atoms with E-state index in [1.54, 1.807) is 6.92 Å². The second-order valence-corrected chi connectivity index (χ2v) is 16.4. The molecule has 0 N–H and O–H groups in total. The van der Waals surface area contributed by atoms with E-state index in [0.29, 0.717) is 99.2 Å². The summed E-state index contributed by atoms with van der Waals surface area (Å²) in [5.74, 6) is -1.44. The quantitative estimate of drug-likeness (QED) is 0.0220. The minimum absolute atomic E-state index is 0.0357. The fraction of sp³-hybridized carbons (Fsp3) is 0.652. The molecule has 62 heavy (non-hydrogen) atoms. The molecule has 1 aromatic heterocycles. The first-order valence-corrected chi connectivity index (χ1v) is 22.3. The number of allylic oxidation sites excluding steroid dienone is 2. The SMILES string of the molecule is [C-]#[N+]c1c(N=Nc2ccc(N(CC)CC(COC(C)(C)C)OCCOCCOCCOCCOCCOC(=O)CC(C/C=C/CCCCC)C(=O)OC)cc2C)sc(C#N)c1C. The summed E-state index contributed by atoms with van der Waals surface area (Å²) in [5.41, 5.74) is 3.29. The highest BCUT2D eigenvalue weighted by molar-refractivity contribution is 7.17. The molecule has 344 valence electrons. The lowest BCUT2D eigenvalue weighted by molar-refractivity contribution is -0.154. The van der Waals surface area contributed by atoms with Crippen LogP contribution in [-0.4, -0.2) is 117 Å². The van der Waals surface area contributed by atoms with Gasteiger partial charge in [-0.15, -0.1) is 11.3 Å². The second kappa shape index (κ2) is 31.6. The predicted molar refractivity (Wildman–Crippen MR) is 241 cm³/mol. The molecule has 0 radical (unpaired) electrons. The lowest BCUT2D eigenvalue weighted by atomic mass is 10.0. The van der Waals surface area contributed by atoms with Crippen LogP contribution in [-0.2, 0) is 47.5 Å². The molecule has 0 saturated carbocycles. The molecule has 0 aliphatic carbocycles. The summed E-state index contributed by atoms with van der Waals surface area (Å²) in [7, 11) is 1.32. The molecular weight excluding hydrogens is 815 g/mol. The summed E-state index contributed by atoms with van der Waals surface area (Å²) in [4.78, 5) is 30.6. The molecule has 0 aliphatic heterocycles. The highest BCUT2D eigenvalue weighted by atomic mass is 32.1. The van der Waals surface area contributed by atoms with E-state index in [1.165, 1.54) is 24.9 Å². The number of methoxy groups -OCH3 is 1. The van der Waals surface area contributed by atoms with Gasteiger partial charge in [0, 0.05) is 18.8 Å². The fourth-order valence-electron chi connectivity index (χ4n) is 5.83. The number of rotatable bonds is 33. The van der Waals surface area contributed by atoms with Crippen molar-refractivity contribution in [2.45, 2.75) is 98.7 Å². The van der Waals surface area contributed by atoms with Crippen molar-refractivity contribution in [2.24, 2.45) is 16.1 Å². The Balaban J connectivity index is 1.64. The Hall–Kier alpha value is -4.26. The van der Waals surface area contributed by atoms with E-state index in [2.05, 4.69) is 46.0 Å². The average molecular weight is 884 g/mol. The Morgan fingerprint density at radius 1 is 0.935 bits per heavy atom. The van der Waals surface area contributed by atoms with Crippen LogP contribution in [0.25, 0.3) is 4.85 Å². The number of unbranched alkanes of at least 4 members (excludes halogenated alkanes) is 3. The van der Waals surface area contributed by atoms with Crippen molar-refractivity contribution in [1.29, 1.82) is 5.26 Å². The molecule has 0 fully saturated rings. The van der Waals surface area contributed by atoms with Crippen LogP contribution in [0.15, 0.2) is 40.6 Å². The Kier molecular flexibility index (Phi) is 27.4. The highest BCUT2D eigenvalue weighted by Crippen LogP contribution is 2.42. The summed E-state index contributed by atoms with van der Waals surface area (Å²) >= 11 is 1.17. The number of aryl methyl sites for hydroxylation is 1. The number of anilines is 1. The molecule has 1 heterocycles. The van der Waals surface area contributed by atoms with Crippen molar-refractivity contribution in [1.82, 2.24) is 0 Å². The first-order valence-electron chi connectivity index (χ1n) is 21.5. The van der Waals surface area contributed by atoms with Crippen molar-refractivity contribution < 1.29 is 47.5 Å². The van der Waals surface area contributed by atoms with Gasteiger partial charge in [0.2, 0.25) is 5.69 Å². The standard InChI is InChI=1S/C46H69N5O10S/c1-10-12-13-14-15-16-17-37(45(53)54-9)31-42(52)60-29-27-58-25-23-56-21-20-55-22-24-57-26-28-59-39(34-61-46(5,6)7)33-51(11-2)38-18-19-40(35(3)30-38)49-50-44-43(48-8)36(4)41(32-47)62-44/h15-16,18-19,30,37,39H,10-14,17,20-29,31,33-34H2,1-7,9H3/b16-15+,50-49?. The summed E-state index contributed by atoms with van der Waals surface area (Å²) in [6, 6.07) is 8.08. The van der Waals surface area contributed by atoms with Crippen LogP contribution in [0.5, 0.6) is 0 Å². The van der Waals surface area contributed by atoms with E-state index < -0.39 is 17.9 Å². The largest absolute Gasteiger partial charge is 0.469 e. The zero-order valence-electron chi connectivity index (χ0n) is 38.2. The van der Waals surface area contributed by atoms with E-state index in [1.807, 2.05) is 52.0 Å². The van der Waals surface area contributed by atoms with Crippen LogP contribution >= 0.6 is 11.3 Å². The van der Waals surface area contributed by atoms with Gasteiger partial charge in [-0.1, -0.05) is 31.9 Å². The number of carbonyl (C=O) groups excluding carboxylic acids is 2. The van der Waals surface area contributed by atoms with Crippen LogP contribution in [0.1, 0.15) is 89.1 Å². The van der Waals surface area contributed by atoms with Gasteiger partial charge in [0.15, 0.2) is 0 Å². The normalized spacial score (nSPS) is 12.7. The van der Waals surface area contributed by atoms with Gasteiger partial charge in [-0.25, -0.2) is 4.85 Å². The maximum atomic E-state index is 12.3. The number of thiophene rings is 1. The maximum absolute atomic E-state index is 12.3. The van der Waals surface area contributed by atoms with Gasteiger partial charge < -0.3 is 42.8 Å². The molecule has 2 rings (SSSR count). The zero-order valence-corrected chi connectivity index (χ0v) is 39.0. The van der Waals surface area contributed by atoms with Crippen molar-refractivity contribution in [3.8, 4) is 6.07 Å². The summed E-state index contributed by atoms with van der Waals surface area (Å²) in [6.07, 6.45) is 8.56. The average Bonchev–Trinajstić information content (AvgIpc) is 3.57. The van der Waals surface area contributed by atoms with Gasteiger partial charge in [-0.2, -0.15) is 15.5 Å². The Morgan fingerprint density at radius 2 is 1.58 bits per heavy atom. The first kappa shape index (κ1) is 53.9. The van der Waals surface area contributed by atoms with Crippen LogP contribution in [0, 0.1) is 37.7 Å². The van der Waals surface area contributed by atoms with Crippen LogP contribution in [0.3, 0.4) is 0 Å². The lowest BCUT2D eigenvalue weighted by Gasteiger charge is -2.31. The molecule has 0 amide bonds. The van der Waals surface area contributed by atoms with Crippen molar-refractivity contribution in [3.05, 3.63) is 57.8 Å². The number of likely N-dealkylation sites (N-methyl/N-ethyl adjacent to an activating group) is 1. The Bertz CT molecular complexity index is 1750. The van der Waals surface area contributed by atoms with Gasteiger partial charge in [-0.05, 0) is 90.1 Å². The summed E-state index contributed by atoms with van der Waals surface area (Å²) < 4.78 is 44.9. The minimum Gasteiger partial charge on any atom is -0.469 e. The highest BCUT2D eigenvalue weighted by Gasteiger charge is 2.23. The number of carbonyl (C=O) groups is 2. The number of benzene rings is 1. The molecule has 15 nitrogen and oxygen atoms in total. The van der Waals surface area contributed by atoms with E-state index in [4.69, 9.17) is 44.5 Å². The number of hydrogen-bond acceptors (Lipinski definition) is 15. The number of nitrogens with zero attached hydrogens (tertiary/aromatic N) is 5. The second-order valence-electron chi connectivity index (χ2n) is 15.4. The molecule has 0 aliphatic rings. The molecule has 2 unspecified atom stereocenters. The van der Waals surface area contributed by atoms with Crippen LogP contribution < -0.4 is 4.90 Å². The van der Waals surface area contributed by atoms with E-state index in [9.17, 15) is 14.9 Å².